The van der Waals surface area contributed by atoms with Crippen molar-refractivity contribution in [3.8, 4) is 0 Å². The maximum Gasteiger partial charge on any atom is 0.264 e. The van der Waals surface area contributed by atoms with E-state index in [-0.39, 0.29) is 17.6 Å². The van der Waals surface area contributed by atoms with Crippen LogP contribution in [0.4, 0.5) is 10.1 Å². The highest BCUT2D eigenvalue weighted by molar-refractivity contribution is 7.20. The van der Waals surface area contributed by atoms with Gasteiger partial charge < -0.3 is 10.2 Å². The summed E-state index contributed by atoms with van der Waals surface area (Å²) in [6.07, 6.45) is 0.860. The predicted molar refractivity (Wildman–Crippen MR) is 119 cm³/mol. The van der Waals surface area contributed by atoms with E-state index in [0.717, 1.165) is 22.4 Å². The Balaban J connectivity index is 1.32. The molecule has 0 aliphatic carbocycles. The van der Waals surface area contributed by atoms with E-state index in [2.05, 4.69) is 17.1 Å². The molecule has 0 saturated carbocycles. The third-order valence-electron chi connectivity index (χ3n) is 5.42. The highest BCUT2D eigenvalue weighted by atomic mass is 32.1. The molecule has 1 fully saturated rings. The van der Waals surface area contributed by atoms with Crippen molar-refractivity contribution in [1.29, 1.82) is 0 Å². The smallest absolute Gasteiger partial charge is 0.264 e. The van der Waals surface area contributed by atoms with Crippen molar-refractivity contribution in [1.82, 2.24) is 9.80 Å². The van der Waals surface area contributed by atoms with E-state index in [4.69, 9.17) is 0 Å². The summed E-state index contributed by atoms with van der Waals surface area (Å²) >= 11 is 1.32. The van der Waals surface area contributed by atoms with Crippen LogP contribution in [0.5, 0.6) is 0 Å². The first-order valence-corrected chi connectivity index (χ1v) is 10.9. The number of anilines is 1. The van der Waals surface area contributed by atoms with Crippen molar-refractivity contribution in [2.24, 2.45) is 0 Å². The van der Waals surface area contributed by atoms with Gasteiger partial charge >= 0.3 is 0 Å². The molecule has 1 aliphatic rings. The summed E-state index contributed by atoms with van der Waals surface area (Å²) in [4.78, 5) is 29.7. The van der Waals surface area contributed by atoms with Gasteiger partial charge in [-0.05, 0) is 36.2 Å². The SMILES string of the molecule is CCc1ccccc1NC(=O)CN1CCN(C(=O)c2cc3c(F)cccc3s2)CC1. The summed E-state index contributed by atoms with van der Waals surface area (Å²) in [6.45, 7) is 4.73. The van der Waals surface area contributed by atoms with Gasteiger partial charge in [0.2, 0.25) is 5.91 Å². The maximum absolute atomic E-state index is 13.9. The van der Waals surface area contributed by atoms with Crippen LogP contribution in [0.3, 0.4) is 0 Å². The molecule has 30 heavy (non-hydrogen) atoms. The molecule has 1 aliphatic heterocycles. The van der Waals surface area contributed by atoms with Gasteiger partial charge in [0, 0.05) is 42.0 Å². The molecule has 0 radical (unpaired) electrons. The topological polar surface area (TPSA) is 52.7 Å². The summed E-state index contributed by atoms with van der Waals surface area (Å²) in [5.74, 6) is -0.421. The Hall–Kier alpha value is -2.77. The Kier molecular flexibility index (Phi) is 6.11. The van der Waals surface area contributed by atoms with Gasteiger partial charge in [-0.3, -0.25) is 14.5 Å². The number of hydrogen-bond acceptors (Lipinski definition) is 4. The minimum absolute atomic E-state index is 0.0457. The summed E-state index contributed by atoms with van der Waals surface area (Å²) in [6, 6.07) is 14.3. The molecule has 3 aromatic rings. The fraction of sp³-hybridized carbons (Fsp3) is 0.304. The zero-order valence-electron chi connectivity index (χ0n) is 16.9. The average molecular weight is 426 g/mol. The molecule has 0 spiro atoms. The van der Waals surface area contributed by atoms with E-state index in [1.54, 1.807) is 17.0 Å². The highest BCUT2D eigenvalue weighted by Gasteiger charge is 2.25. The lowest BCUT2D eigenvalue weighted by Gasteiger charge is -2.34. The minimum Gasteiger partial charge on any atom is -0.335 e. The normalized spacial score (nSPS) is 14.8. The first kappa shape index (κ1) is 20.5. The van der Waals surface area contributed by atoms with E-state index >= 15 is 0 Å². The summed E-state index contributed by atoms with van der Waals surface area (Å²) in [5.41, 5.74) is 1.97. The molecule has 1 saturated heterocycles. The van der Waals surface area contributed by atoms with Gasteiger partial charge in [-0.15, -0.1) is 11.3 Å². The van der Waals surface area contributed by atoms with Gasteiger partial charge in [-0.1, -0.05) is 31.2 Å². The molecule has 5 nitrogen and oxygen atoms in total. The molecule has 0 bridgehead atoms. The fourth-order valence-corrected chi connectivity index (χ4v) is 4.78. The number of fused-ring (bicyclic) bond motifs is 1. The van der Waals surface area contributed by atoms with Crippen LogP contribution in [0.2, 0.25) is 0 Å². The van der Waals surface area contributed by atoms with Crippen molar-refractivity contribution >= 4 is 38.9 Å². The molecular formula is C23H24FN3O2S. The van der Waals surface area contributed by atoms with Crippen molar-refractivity contribution in [3.63, 3.8) is 0 Å². The van der Waals surface area contributed by atoms with E-state index < -0.39 is 0 Å². The summed E-state index contributed by atoms with van der Waals surface area (Å²) in [7, 11) is 0. The number of thiophene rings is 1. The van der Waals surface area contributed by atoms with E-state index in [1.807, 2.05) is 30.3 Å². The van der Waals surface area contributed by atoms with Crippen LogP contribution < -0.4 is 5.32 Å². The van der Waals surface area contributed by atoms with Crippen molar-refractivity contribution in [2.75, 3.05) is 38.0 Å². The van der Waals surface area contributed by atoms with Gasteiger partial charge in [0.15, 0.2) is 0 Å². The number of halogens is 1. The fourth-order valence-electron chi connectivity index (χ4n) is 3.74. The number of hydrogen-bond donors (Lipinski definition) is 1. The van der Waals surface area contributed by atoms with E-state index in [1.165, 1.54) is 17.4 Å². The molecule has 1 aromatic heterocycles. The molecule has 156 valence electrons. The summed E-state index contributed by atoms with van der Waals surface area (Å²) in [5, 5.41) is 3.49. The molecule has 2 heterocycles. The average Bonchev–Trinajstić information content (AvgIpc) is 3.20. The molecule has 2 aromatic carbocycles. The van der Waals surface area contributed by atoms with Gasteiger partial charge in [-0.25, -0.2) is 4.39 Å². The van der Waals surface area contributed by atoms with Crippen LogP contribution >= 0.6 is 11.3 Å². The Morgan fingerprint density at radius 1 is 1.07 bits per heavy atom. The number of carbonyl (C=O) groups excluding carboxylic acids is 2. The summed E-state index contributed by atoms with van der Waals surface area (Å²) < 4.78 is 14.7. The standard InChI is InChI=1S/C23H24FN3O2S/c1-2-16-6-3-4-8-19(16)25-22(28)15-26-10-12-27(13-11-26)23(29)21-14-17-18(24)7-5-9-20(17)30-21/h3-9,14H,2,10-13,15H2,1H3,(H,25,28). The molecule has 2 amide bonds. The van der Waals surface area contributed by atoms with Crippen LogP contribution in [0.25, 0.3) is 10.1 Å². The van der Waals surface area contributed by atoms with Crippen molar-refractivity contribution < 1.29 is 14.0 Å². The number of para-hydroxylation sites is 1. The monoisotopic (exact) mass is 425 g/mol. The Bertz CT molecular complexity index is 1070. The lowest BCUT2D eigenvalue weighted by atomic mass is 10.1. The number of aryl methyl sites for hydroxylation is 1. The first-order valence-electron chi connectivity index (χ1n) is 10.1. The number of nitrogens with zero attached hydrogens (tertiary/aromatic N) is 2. The largest absolute Gasteiger partial charge is 0.335 e. The van der Waals surface area contributed by atoms with Crippen LogP contribution in [-0.2, 0) is 11.2 Å². The molecular weight excluding hydrogens is 401 g/mol. The van der Waals surface area contributed by atoms with Crippen LogP contribution in [0, 0.1) is 5.82 Å². The molecule has 0 atom stereocenters. The maximum atomic E-state index is 13.9. The zero-order valence-corrected chi connectivity index (χ0v) is 17.7. The van der Waals surface area contributed by atoms with Gasteiger partial charge in [0.1, 0.15) is 5.82 Å². The van der Waals surface area contributed by atoms with Crippen LogP contribution in [0.15, 0.2) is 48.5 Å². The Labute approximate surface area is 179 Å². The number of nitrogens with one attached hydrogen (secondary N) is 1. The lowest BCUT2D eigenvalue weighted by molar-refractivity contribution is -0.117. The Morgan fingerprint density at radius 2 is 1.83 bits per heavy atom. The number of rotatable bonds is 5. The zero-order chi connectivity index (χ0) is 21.1. The number of benzene rings is 2. The minimum atomic E-state index is -0.303. The van der Waals surface area contributed by atoms with Gasteiger partial charge in [0.05, 0.1) is 11.4 Å². The van der Waals surface area contributed by atoms with Crippen LogP contribution in [0.1, 0.15) is 22.2 Å². The third kappa shape index (κ3) is 4.37. The molecule has 4 rings (SSSR count). The highest BCUT2D eigenvalue weighted by Crippen LogP contribution is 2.28. The second-order valence-corrected chi connectivity index (χ2v) is 8.47. The van der Waals surface area contributed by atoms with Crippen LogP contribution in [-0.4, -0.2) is 54.3 Å². The molecule has 7 heteroatoms. The third-order valence-corrected chi connectivity index (χ3v) is 6.51. The van der Waals surface area contributed by atoms with Crippen molar-refractivity contribution in [2.45, 2.75) is 13.3 Å². The predicted octanol–water partition coefficient (Wildman–Crippen LogP) is 4.00. The van der Waals surface area contributed by atoms with Gasteiger partial charge in [-0.2, -0.15) is 0 Å². The quantitative estimate of drug-likeness (QED) is 0.672. The molecule has 0 unspecified atom stereocenters. The first-order chi connectivity index (χ1) is 14.5. The number of carbonyl (C=O) groups is 2. The van der Waals surface area contributed by atoms with Gasteiger partial charge in [0.25, 0.3) is 5.91 Å². The number of piperazine rings is 1. The molecule has 1 N–H and O–H groups in total. The van der Waals surface area contributed by atoms with E-state index in [9.17, 15) is 14.0 Å². The van der Waals surface area contributed by atoms with Crippen molar-refractivity contribution in [3.05, 3.63) is 64.8 Å². The number of amides is 2. The second kappa shape index (κ2) is 8.93. The lowest BCUT2D eigenvalue weighted by Crippen LogP contribution is -2.50. The Morgan fingerprint density at radius 3 is 2.57 bits per heavy atom. The second-order valence-electron chi connectivity index (χ2n) is 7.39. The van der Waals surface area contributed by atoms with E-state index in [0.29, 0.717) is 43.0 Å².